The fourth-order valence-electron chi connectivity index (χ4n) is 10.9. The van der Waals surface area contributed by atoms with E-state index in [4.69, 9.17) is 52.1 Å². The zero-order chi connectivity index (χ0) is 62.6. The van der Waals surface area contributed by atoms with E-state index in [9.17, 15) is 36.7 Å². The highest BCUT2D eigenvalue weighted by molar-refractivity contribution is 6.53. The first-order valence-corrected chi connectivity index (χ1v) is 28.6. The number of esters is 4. The van der Waals surface area contributed by atoms with Crippen LogP contribution in [0.25, 0.3) is 22.3 Å². The Hall–Kier alpha value is -11.7. The van der Waals surface area contributed by atoms with Gasteiger partial charge in [0.1, 0.15) is 0 Å². The smallest absolute Gasteiger partial charge is 0.343 e. The number of aliphatic imine (C=N–C) groups is 2. The molecule has 91 heavy (non-hydrogen) atoms. The van der Waals surface area contributed by atoms with Crippen molar-refractivity contribution in [3.63, 3.8) is 0 Å². The zero-order valence-corrected chi connectivity index (χ0v) is 48.3. The third-order valence-corrected chi connectivity index (χ3v) is 15.8. The van der Waals surface area contributed by atoms with Crippen LogP contribution in [0.1, 0.15) is 75.1 Å². The molecule has 4 aliphatic rings. The molecule has 0 aliphatic carbocycles. The lowest BCUT2D eigenvalue weighted by molar-refractivity contribution is 0.0718. The zero-order valence-electron chi connectivity index (χ0n) is 46.8. The molecule has 14 rings (SSSR count). The molecule has 0 saturated carbocycles. The van der Waals surface area contributed by atoms with Gasteiger partial charge in [0.2, 0.25) is 0 Å². The average molecular weight is 1250 g/mol. The predicted molar refractivity (Wildman–Crippen MR) is 334 cm³/mol. The van der Waals surface area contributed by atoms with Gasteiger partial charge < -0.3 is 18.9 Å². The van der Waals surface area contributed by atoms with Crippen LogP contribution in [0.3, 0.4) is 0 Å². The fraction of sp³-hybridized carbons (Fsp3) is 0. The lowest BCUT2D eigenvalue weighted by atomic mass is 9.99. The lowest BCUT2D eigenvalue weighted by Gasteiger charge is -2.24. The van der Waals surface area contributed by atoms with Crippen LogP contribution in [0.2, 0.25) is 0 Å². The van der Waals surface area contributed by atoms with Crippen molar-refractivity contribution in [1.82, 2.24) is 9.35 Å². The molecule has 19 heteroatoms. The monoisotopic (exact) mass is 1250 g/mol. The van der Waals surface area contributed by atoms with E-state index in [0.717, 1.165) is 0 Å². The summed E-state index contributed by atoms with van der Waals surface area (Å²) in [5, 5.41) is 1.32. The van der Waals surface area contributed by atoms with E-state index in [1.807, 2.05) is 24.3 Å². The minimum atomic E-state index is -0.824. The molecule has 0 amide bonds. The highest BCUT2D eigenvalue weighted by Crippen LogP contribution is 2.42. The van der Waals surface area contributed by atoms with Gasteiger partial charge in [-0.15, -0.1) is 0 Å². The lowest BCUT2D eigenvalue weighted by Crippen LogP contribution is -2.42. The summed E-state index contributed by atoms with van der Waals surface area (Å²) in [6, 6.07) is 55.2. The Balaban J connectivity index is 1.00. The van der Waals surface area contributed by atoms with E-state index in [1.165, 1.54) is 121 Å². The van der Waals surface area contributed by atoms with Gasteiger partial charge in [0, 0.05) is 22.3 Å². The van der Waals surface area contributed by atoms with Crippen LogP contribution in [0, 0.1) is 23.3 Å². The standard InChI is InChI=1S/C72H39Cl2F4N5O8/c73-47-37-53-63(39-17-25-43(26-18-39)69(84)88-59-13-5-1-9-49(59)75)55-33-35-57-65(41-21-29-45(30-22-41)71(86)90-61-15-7-3-11-51(61)77)68-48(74)38-54(80-68)64(40-19-27-44(28-20-40)70(85)89-60-14-6-2-10-50(60)76)56-34-36-58(83(56)81-82(55)57)66(67(47)79-53)42-23-31-46(32-24-42)72(87)91-62-16-8-4-12-52(62)78/h1-38,81H. The number of halogens is 6. The van der Waals surface area contributed by atoms with Crippen LogP contribution in [0.4, 0.5) is 17.6 Å². The van der Waals surface area contributed by atoms with Gasteiger partial charge in [-0.05, 0) is 156 Å². The van der Waals surface area contributed by atoms with E-state index in [-0.39, 0.29) is 66.7 Å². The van der Waals surface area contributed by atoms with Crippen LogP contribution < -0.4 is 35.2 Å². The van der Waals surface area contributed by atoms with Gasteiger partial charge in [-0.3, -0.25) is 0 Å². The fourth-order valence-corrected chi connectivity index (χ4v) is 11.3. The molecule has 4 aliphatic heterocycles. The number of nitrogens with zero attached hydrogens (tertiary/aromatic N) is 4. The number of ether oxygens (including phenoxy) is 4. The van der Waals surface area contributed by atoms with E-state index in [2.05, 4.69) is 5.53 Å². The molecule has 8 aromatic carbocycles. The number of allylic oxidation sites excluding steroid dienone is 4. The van der Waals surface area contributed by atoms with Crippen LogP contribution >= 0.6 is 23.2 Å². The molecular weight excluding hydrogens is 1210 g/mol. The molecule has 0 atom stereocenters. The first-order chi connectivity index (χ1) is 44.2. The summed E-state index contributed by atoms with van der Waals surface area (Å²) >= 11 is 14.9. The number of rotatable bonds is 12. The molecule has 0 spiro atoms. The molecule has 10 aromatic rings. The van der Waals surface area contributed by atoms with Gasteiger partial charge in [0.15, 0.2) is 46.3 Å². The first-order valence-electron chi connectivity index (χ1n) is 27.9. The number of hydrogen-bond acceptors (Lipinski definition) is 11. The van der Waals surface area contributed by atoms with E-state index in [0.29, 0.717) is 78.0 Å². The molecule has 0 unspecified atom stereocenters. The molecule has 13 nitrogen and oxygen atoms in total. The van der Waals surface area contributed by atoms with Crippen molar-refractivity contribution in [2.45, 2.75) is 0 Å². The highest BCUT2D eigenvalue weighted by atomic mass is 35.5. The maximum absolute atomic E-state index is 14.8. The molecule has 1 N–H and O–H groups in total. The number of para-hydroxylation sites is 4. The minimum Gasteiger partial charge on any atom is -0.420 e. The third-order valence-electron chi connectivity index (χ3n) is 15.2. The van der Waals surface area contributed by atoms with Crippen molar-refractivity contribution < 1.29 is 55.7 Å². The second kappa shape index (κ2) is 23.5. The molecule has 0 radical (unpaired) electrons. The summed E-state index contributed by atoms with van der Waals surface area (Å²) < 4.78 is 84.5. The number of hydrogen-bond donors (Lipinski definition) is 1. The van der Waals surface area contributed by atoms with Crippen molar-refractivity contribution in [3.05, 3.63) is 342 Å². The van der Waals surface area contributed by atoms with Crippen molar-refractivity contribution >= 4 is 80.8 Å². The summed E-state index contributed by atoms with van der Waals surface area (Å²) in [5.41, 5.74) is 10.2. The normalized spacial score (nSPS) is 13.8. The van der Waals surface area contributed by atoms with E-state index in [1.54, 1.807) is 94.3 Å². The number of carbonyl (C=O) groups excluding carboxylic acids is 4. The Morgan fingerprint density at radius 2 is 0.714 bits per heavy atom. The van der Waals surface area contributed by atoms with E-state index >= 15 is 0 Å². The van der Waals surface area contributed by atoms with Gasteiger partial charge in [0.25, 0.3) is 0 Å². The second-order valence-corrected chi connectivity index (χ2v) is 21.6. The molecule has 0 saturated heterocycles. The SMILES string of the molecule is O=C(Oc1ccccc1F)c1ccc(C2=C3C=C(Cl)C(=N3)C(c3ccc(C(=O)Oc4ccccc4F)cc3)=c3ccc4n3Nn3c2ccc3C(c2ccc(C(=O)Oc3ccccc3F)cc2)=C2N=C(C=C2Cl)C=4c2ccc(C(=O)Oc3ccccc3F)cc2)cc1. The topological polar surface area (TPSA) is 152 Å². The number of aromatic nitrogens is 2. The first kappa shape index (κ1) is 57.1. The maximum atomic E-state index is 14.8. The van der Waals surface area contributed by atoms with Gasteiger partial charge in [-0.25, -0.2) is 61.6 Å². The van der Waals surface area contributed by atoms with Crippen LogP contribution in [0.5, 0.6) is 23.0 Å². The number of nitrogens with one attached hydrogen (secondary N) is 1. The van der Waals surface area contributed by atoms with Gasteiger partial charge in [-0.1, -0.05) is 120 Å². The Morgan fingerprint density at radius 1 is 0.363 bits per heavy atom. The maximum Gasteiger partial charge on any atom is 0.343 e. The molecule has 6 bridgehead atoms. The van der Waals surface area contributed by atoms with Crippen molar-refractivity contribution in [1.29, 1.82) is 0 Å². The quantitative estimate of drug-likeness (QED) is 0.0716. The van der Waals surface area contributed by atoms with Gasteiger partial charge in [-0.2, -0.15) is 0 Å². The Morgan fingerprint density at radius 3 is 1.12 bits per heavy atom. The number of benzene rings is 8. The molecular formula is C72H39Cl2F4N5O8. The average Bonchev–Trinajstić information content (AvgIpc) is 1.62. The van der Waals surface area contributed by atoms with Gasteiger partial charge >= 0.3 is 23.9 Å². The van der Waals surface area contributed by atoms with E-state index < -0.39 is 47.1 Å². The molecule has 442 valence electrons. The summed E-state index contributed by atoms with van der Waals surface area (Å²) in [5.74, 6) is -7.22. The summed E-state index contributed by atoms with van der Waals surface area (Å²) in [4.78, 5) is 65.1. The summed E-state index contributed by atoms with van der Waals surface area (Å²) in [7, 11) is 0. The minimum absolute atomic E-state index is 0.0921. The Kier molecular flexibility index (Phi) is 14.7. The highest BCUT2D eigenvalue weighted by Gasteiger charge is 2.33. The number of fused-ring (bicyclic) bond motifs is 2. The third kappa shape index (κ3) is 10.7. The molecule has 6 heterocycles. The molecule has 2 aromatic heterocycles. The summed E-state index contributed by atoms with van der Waals surface area (Å²) in [6.45, 7) is 0. The van der Waals surface area contributed by atoms with Gasteiger partial charge in [0.05, 0.1) is 77.2 Å². The van der Waals surface area contributed by atoms with Crippen LogP contribution in [-0.4, -0.2) is 44.7 Å². The van der Waals surface area contributed by atoms with Crippen molar-refractivity contribution in [2.75, 3.05) is 5.53 Å². The Labute approximate surface area is 523 Å². The van der Waals surface area contributed by atoms with Crippen molar-refractivity contribution in [2.24, 2.45) is 9.98 Å². The Bertz CT molecular complexity index is 5100. The van der Waals surface area contributed by atoms with Crippen molar-refractivity contribution in [3.8, 4) is 23.0 Å². The van der Waals surface area contributed by atoms with Crippen LogP contribution in [-0.2, 0) is 0 Å². The van der Waals surface area contributed by atoms with Crippen LogP contribution in [0.15, 0.2) is 262 Å². The second-order valence-electron chi connectivity index (χ2n) is 20.7. The predicted octanol–water partition coefficient (Wildman–Crippen LogP) is 13.8. The largest absolute Gasteiger partial charge is 0.420 e. The molecule has 0 fully saturated rings. The summed E-state index contributed by atoms with van der Waals surface area (Å²) in [6.07, 6.45) is 3.39. The number of carbonyl (C=O) groups is 4.